The van der Waals surface area contributed by atoms with Gasteiger partial charge in [-0.2, -0.15) is 0 Å². The van der Waals surface area contributed by atoms with Gasteiger partial charge in [0.2, 0.25) is 11.8 Å². The first kappa shape index (κ1) is 21.7. The Balaban J connectivity index is 1.73. The molecule has 1 aliphatic heterocycles. The second-order valence-corrected chi connectivity index (χ2v) is 9.97. The molecule has 0 radical (unpaired) electrons. The summed E-state index contributed by atoms with van der Waals surface area (Å²) in [5, 5.41) is 2.62. The molecule has 4 heteroatoms. The van der Waals surface area contributed by atoms with Gasteiger partial charge in [-0.15, -0.1) is 0 Å². The van der Waals surface area contributed by atoms with Crippen LogP contribution >= 0.6 is 0 Å². The summed E-state index contributed by atoms with van der Waals surface area (Å²) in [5.41, 5.74) is 2.22. The second kappa shape index (κ2) is 7.71. The number of amides is 2. The van der Waals surface area contributed by atoms with Crippen molar-refractivity contribution in [2.24, 2.45) is 11.8 Å². The number of ketones is 1. The summed E-state index contributed by atoms with van der Waals surface area (Å²) in [6.45, 7) is 0. The van der Waals surface area contributed by atoms with Crippen LogP contribution in [0, 0.1) is 11.8 Å². The van der Waals surface area contributed by atoms with E-state index in [9.17, 15) is 9.59 Å². The standard InChI is InChI=1S/C33H23NO3/c35-29-27-28(30(36)34-29)33(24-19-11-4-12-20-24)26(22-15-7-2-8-16-22)25(21-13-5-1-6-14-21)32(27,31(33)37)23-17-9-3-10-18-23/h1-20,27-28H,(H,34,35,36)/t27-,28+,32-,33-/m0/s1. The monoisotopic (exact) mass is 481 g/mol. The summed E-state index contributed by atoms with van der Waals surface area (Å²) in [6, 6.07) is 38.8. The van der Waals surface area contributed by atoms with Crippen LogP contribution in [-0.2, 0) is 25.2 Å². The van der Waals surface area contributed by atoms with E-state index in [0.717, 1.165) is 33.4 Å². The summed E-state index contributed by atoms with van der Waals surface area (Å²) >= 11 is 0. The van der Waals surface area contributed by atoms with Crippen molar-refractivity contribution in [3.05, 3.63) is 144 Å². The Hall–Kier alpha value is -4.57. The van der Waals surface area contributed by atoms with Gasteiger partial charge in [-0.05, 0) is 33.4 Å². The van der Waals surface area contributed by atoms with Crippen LogP contribution in [-0.4, -0.2) is 17.6 Å². The lowest BCUT2D eigenvalue weighted by Gasteiger charge is -2.39. The molecule has 4 atom stereocenters. The summed E-state index contributed by atoms with van der Waals surface area (Å²) in [4.78, 5) is 42.6. The zero-order valence-corrected chi connectivity index (χ0v) is 19.9. The second-order valence-electron chi connectivity index (χ2n) is 9.97. The van der Waals surface area contributed by atoms with Gasteiger partial charge in [0.25, 0.3) is 0 Å². The molecule has 1 saturated carbocycles. The lowest BCUT2D eigenvalue weighted by molar-refractivity contribution is -0.132. The number of fused-ring (bicyclic) bond motifs is 5. The van der Waals surface area contributed by atoms with E-state index < -0.39 is 22.7 Å². The van der Waals surface area contributed by atoms with Gasteiger partial charge in [-0.1, -0.05) is 121 Å². The van der Waals surface area contributed by atoms with Crippen LogP contribution in [0.15, 0.2) is 121 Å². The number of Topliss-reactive ketones (excluding diaryl/α,β-unsaturated/α-hetero) is 1. The van der Waals surface area contributed by atoms with Gasteiger partial charge in [0.05, 0.1) is 22.7 Å². The molecule has 4 aromatic carbocycles. The zero-order valence-electron chi connectivity index (χ0n) is 19.9. The van der Waals surface area contributed by atoms with Gasteiger partial charge in [0.1, 0.15) is 0 Å². The first-order valence-electron chi connectivity index (χ1n) is 12.5. The molecule has 178 valence electrons. The average molecular weight is 482 g/mol. The number of carbonyl (C=O) groups excluding carboxylic acids is 3. The predicted octanol–water partition coefficient (Wildman–Crippen LogP) is 4.96. The van der Waals surface area contributed by atoms with E-state index in [1.807, 2.05) is 121 Å². The highest BCUT2D eigenvalue weighted by atomic mass is 16.2. The first-order chi connectivity index (χ1) is 18.1. The number of carbonyl (C=O) groups is 3. The maximum absolute atomic E-state index is 15.3. The molecular formula is C33H23NO3. The minimum absolute atomic E-state index is 0.103. The van der Waals surface area contributed by atoms with E-state index >= 15 is 4.79 Å². The zero-order chi connectivity index (χ0) is 25.2. The van der Waals surface area contributed by atoms with Crippen LogP contribution in [0.4, 0.5) is 0 Å². The van der Waals surface area contributed by atoms with E-state index in [2.05, 4.69) is 5.32 Å². The quantitative estimate of drug-likeness (QED) is 0.419. The highest BCUT2D eigenvalue weighted by molar-refractivity contribution is 6.35. The SMILES string of the molecule is O=C1NC(=O)[C@H]2[C@@H]1[C@@]1(c3ccccc3)C(=O)[C@@]2(c2ccccc2)C(c2ccccc2)=C1c1ccccc1. The van der Waals surface area contributed by atoms with E-state index in [4.69, 9.17) is 0 Å². The fourth-order valence-electron chi connectivity index (χ4n) is 7.26. The third-order valence-electron chi connectivity index (χ3n) is 8.42. The van der Waals surface area contributed by atoms with Crippen LogP contribution in [0.25, 0.3) is 11.1 Å². The summed E-state index contributed by atoms with van der Waals surface area (Å²) in [6.07, 6.45) is 0. The molecule has 1 N–H and O–H groups in total. The van der Waals surface area contributed by atoms with Crippen molar-refractivity contribution in [3.8, 4) is 0 Å². The highest BCUT2D eigenvalue weighted by Crippen LogP contribution is 2.73. The maximum atomic E-state index is 15.3. The third kappa shape index (κ3) is 2.54. The van der Waals surface area contributed by atoms with Crippen LogP contribution < -0.4 is 5.32 Å². The van der Waals surface area contributed by atoms with Gasteiger partial charge in [-0.3, -0.25) is 19.7 Å². The Morgan fingerprint density at radius 1 is 0.459 bits per heavy atom. The lowest BCUT2D eigenvalue weighted by Crippen LogP contribution is -2.44. The Morgan fingerprint density at radius 2 is 0.784 bits per heavy atom. The van der Waals surface area contributed by atoms with Gasteiger partial charge < -0.3 is 0 Å². The van der Waals surface area contributed by atoms with E-state index in [1.165, 1.54) is 0 Å². The molecule has 2 fully saturated rings. The molecule has 2 amide bonds. The molecule has 37 heavy (non-hydrogen) atoms. The minimum Gasteiger partial charge on any atom is -0.297 e. The maximum Gasteiger partial charge on any atom is 0.232 e. The number of hydrogen-bond acceptors (Lipinski definition) is 3. The van der Waals surface area contributed by atoms with E-state index in [0.29, 0.717) is 0 Å². The summed E-state index contributed by atoms with van der Waals surface area (Å²) < 4.78 is 0. The normalized spacial score (nSPS) is 27.9. The van der Waals surface area contributed by atoms with Crippen molar-refractivity contribution in [2.45, 2.75) is 10.8 Å². The Kier molecular flexibility index (Phi) is 4.52. The van der Waals surface area contributed by atoms with Crippen molar-refractivity contribution in [1.82, 2.24) is 5.32 Å². The molecule has 0 aromatic heterocycles. The third-order valence-corrected chi connectivity index (χ3v) is 8.42. The van der Waals surface area contributed by atoms with Crippen LogP contribution in [0.2, 0.25) is 0 Å². The van der Waals surface area contributed by atoms with Crippen molar-refractivity contribution >= 4 is 28.7 Å². The Bertz CT molecular complexity index is 1480. The number of benzene rings is 4. The molecule has 3 aliphatic rings. The van der Waals surface area contributed by atoms with Crippen molar-refractivity contribution < 1.29 is 14.4 Å². The van der Waals surface area contributed by atoms with Crippen LogP contribution in [0.3, 0.4) is 0 Å². The Labute approximate surface area is 214 Å². The average Bonchev–Trinajstić information content (AvgIpc) is 3.49. The molecule has 2 aliphatic carbocycles. The molecule has 1 saturated heterocycles. The van der Waals surface area contributed by atoms with E-state index in [1.54, 1.807) is 0 Å². The molecule has 7 rings (SSSR count). The summed E-state index contributed by atoms with van der Waals surface area (Å²) in [5.74, 6) is -2.57. The van der Waals surface area contributed by atoms with E-state index in [-0.39, 0.29) is 17.6 Å². The first-order valence-corrected chi connectivity index (χ1v) is 12.5. The number of hydrogen-bond donors (Lipinski definition) is 1. The fourth-order valence-corrected chi connectivity index (χ4v) is 7.26. The van der Waals surface area contributed by atoms with Gasteiger partial charge in [-0.25, -0.2) is 0 Å². The molecule has 0 spiro atoms. The van der Waals surface area contributed by atoms with Crippen LogP contribution in [0.1, 0.15) is 22.3 Å². The number of allylic oxidation sites excluding steroid dienone is 2. The summed E-state index contributed by atoms with van der Waals surface area (Å²) in [7, 11) is 0. The molecule has 0 unspecified atom stereocenters. The van der Waals surface area contributed by atoms with Crippen molar-refractivity contribution in [3.63, 3.8) is 0 Å². The minimum atomic E-state index is -1.31. The smallest absolute Gasteiger partial charge is 0.232 e. The number of imide groups is 1. The van der Waals surface area contributed by atoms with Gasteiger partial charge in [0.15, 0.2) is 5.78 Å². The number of nitrogens with one attached hydrogen (secondary N) is 1. The molecular weight excluding hydrogens is 458 g/mol. The molecule has 2 bridgehead atoms. The van der Waals surface area contributed by atoms with Gasteiger partial charge >= 0.3 is 0 Å². The largest absolute Gasteiger partial charge is 0.297 e. The molecule has 4 nitrogen and oxygen atoms in total. The highest BCUT2D eigenvalue weighted by Gasteiger charge is 2.81. The topological polar surface area (TPSA) is 63.2 Å². The Morgan fingerprint density at radius 3 is 1.14 bits per heavy atom. The van der Waals surface area contributed by atoms with Gasteiger partial charge in [0, 0.05) is 0 Å². The lowest BCUT2D eigenvalue weighted by atomic mass is 9.59. The van der Waals surface area contributed by atoms with Crippen LogP contribution in [0.5, 0.6) is 0 Å². The predicted molar refractivity (Wildman–Crippen MR) is 141 cm³/mol. The van der Waals surface area contributed by atoms with Crippen molar-refractivity contribution in [1.29, 1.82) is 0 Å². The van der Waals surface area contributed by atoms with Crippen molar-refractivity contribution in [2.75, 3.05) is 0 Å². The fraction of sp³-hybridized carbons (Fsp3) is 0.121. The number of rotatable bonds is 4. The molecule has 4 aromatic rings. The molecule has 1 heterocycles.